The number of halogens is 1. The quantitative estimate of drug-likeness (QED) is 0.394. The van der Waals surface area contributed by atoms with Crippen molar-refractivity contribution in [2.75, 3.05) is 24.2 Å². The van der Waals surface area contributed by atoms with Gasteiger partial charge < -0.3 is 4.90 Å². The van der Waals surface area contributed by atoms with Crippen molar-refractivity contribution in [3.05, 3.63) is 60.4 Å². The molecule has 0 amide bonds. The highest BCUT2D eigenvalue weighted by atomic mass is 32.2. The van der Waals surface area contributed by atoms with E-state index in [-0.39, 0.29) is 5.82 Å². The van der Waals surface area contributed by atoms with Crippen molar-refractivity contribution in [3.63, 3.8) is 0 Å². The van der Waals surface area contributed by atoms with Crippen LogP contribution in [0, 0.1) is 5.82 Å². The molecule has 32 heavy (non-hydrogen) atoms. The van der Waals surface area contributed by atoms with Crippen molar-refractivity contribution in [2.24, 2.45) is 0 Å². The molecule has 1 fully saturated rings. The Morgan fingerprint density at radius 1 is 1.03 bits per heavy atom. The van der Waals surface area contributed by atoms with Crippen LogP contribution in [0.2, 0.25) is 0 Å². The lowest BCUT2D eigenvalue weighted by Crippen LogP contribution is -2.36. The van der Waals surface area contributed by atoms with Gasteiger partial charge in [0.25, 0.3) is 0 Å². The minimum Gasteiger partial charge on any atom is -0.341 e. The number of rotatable bonds is 5. The minimum atomic E-state index is -0.215. The third-order valence-corrected chi connectivity index (χ3v) is 6.89. The molecule has 0 radical (unpaired) electrons. The van der Waals surface area contributed by atoms with Gasteiger partial charge in [-0.2, -0.15) is 5.10 Å². The molecular formula is C24H25FN6S. The van der Waals surface area contributed by atoms with E-state index in [1.54, 1.807) is 12.1 Å². The number of aryl methyl sites for hydroxylation is 1. The highest BCUT2D eigenvalue weighted by Crippen LogP contribution is 2.30. The number of pyridine rings is 1. The van der Waals surface area contributed by atoms with Crippen LogP contribution in [-0.4, -0.2) is 44.1 Å². The SMILES string of the molecule is CCc1cnc(N2CCC(n3ncc4cc(-c5ccc(SC)c(F)c5)ncc43)CC2)nc1. The first kappa shape index (κ1) is 20.9. The maximum atomic E-state index is 14.2. The smallest absolute Gasteiger partial charge is 0.225 e. The van der Waals surface area contributed by atoms with Crippen molar-refractivity contribution < 1.29 is 4.39 Å². The first-order chi connectivity index (χ1) is 15.7. The number of anilines is 1. The Balaban J connectivity index is 1.33. The van der Waals surface area contributed by atoms with Gasteiger partial charge in [0.2, 0.25) is 5.95 Å². The molecule has 4 heterocycles. The molecular weight excluding hydrogens is 423 g/mol. The molecule has 1 saturated heterocycles. The predicted molar refractivity (Wildman–Crippen MR) is 127 cm³/mol. The lowest BCUT2D eigenvalue weighted by Gasteiger charge is -2.32. The molecule has 4 aromatic rings. The average Bonchev–Trinajstić information content (AvgIpc) is 3.27. The summed E-state index contributed by atoms with van der Waals surface area (Å²) in [5, 5.41) is 5.69. The Kier molecular flexibility index (Phi) is 5.78. The lowest BCUT2D eigenvalue weighted by atomic mass is 10.1. The van der Waals surface area contributed by atoms with Gasteiger partial charge in [-0.1, -0.05) is 13.0 Å². The molecule has 0 unspecified atom stereocenters. The summed E-state index contributed by atoms with van der Waals surface area (Å²) in [4.78, 5) is 16.5. The third kappa shape index (κ3) is 3.95. The molecule has 0 N–H and O–H groups in total. The zero-order valence-electron chi connectivity index (χ0n) is 18.2. The number of hydrogen-bond donors (Lipinski definition) is 0. The molecule has 1 aliphatic heterocycles. The predicted octanol–water partition coefficient (Wildman–Crippen LogP) is 5.15. The number of hydrogen-bond acceptors (Lipinski definition) is 6. The molecule has 5 rings (SSSR count). The van der Waals surface area contributed by atoms with Gasteiger partial charge in [0.15, 0.2) is 0 Å². The molecule has 0 bridgehead atoms. The van der Waals surface area contributed by atoms with Crippen molar-refractivity contribution in [1.29, 1.82) is 0 Å². The van der Waals surface area contributed by atoms with Gasteiger partial charge in [-0.15, -0.1) is 11.8 Å². The van der Waals surface area contributed by atoms with Gasteiger partial charge in [-0.3, -0.25) is 9.67 Å². The number of thioether (sulfide) groups is 1. The van der Waals surface area contributed by atoms with Crippen molar-refractivity contribution in [2.45, 2.75) is 37.1 Å². The van der Waals surface area contributed by atoms with Crippen LogP contribution in [0.15, 0.2) is 53.9 Å². The van der Waals surface area contributed by atoms with Crippen LogP contribution in [0.3, 0.4) is 0 Å². The van der Waals surface area contributed by atoms with Crippen molar-refractivity contribution in [1.82, 2.24) is 24.7 Å². The van der Waals surface area contributed by atoms with Crippen LogP contribution in [0.25, 0.3) is 22.2 Å². The average molecular weight is 449 g/mol. The van der Waals surface area contributed by atoms with Crippen LogP contribution in [-0.2, 0) is 6.42 Å². The normalized spacial score (nSPS) is 14.9. The number of nitrogens with zero attached hydrogens (tertiary/aromatic N) is 6. The topological polar surface area (TPSA) is 59.7 Å². The molecule has 8 heteroatoms. The number of fused-ring (bicyclic) bond motifs is 1. The summed E-state index contributed by atoms with van der Waals surface area (Å²) < 4.78 is 16.3. The van der Waals surface area contributed by atoms with E-state index in [0.29, 0.717) is 10.9 Å². The number of aromatic nitrogens is 5. The summed E-state index contributed by atoms with van der Waals surface area (Å²) in [6.45, 7) is 3.89. The maximum absolute atomic E-state index is 14.2. The van der Waals surface area contributed by atoms with Crippen LogP contribution in [0.1, 0.15) is 31.4 Å². The van der Waals surface area contributed by atoms with Crippen LogP contribution in [0.5, 0.6) is 0 Å². The zero-order chi connectivity index (χ0) is 22.1. The summed E-state index contributed by atoms with van der Waals surface area (Å²) in [6.07, 6.45) is 12.3. The summed E-state index contributed by atoms with van der Waals surface area (Å²) >= 11 is 1.40. The van der Waals surface area contributed by atoms with Gasteiger partial charge in [0.1, 0.15) is 5.82 Å². The molecule has 6 nitrogen and oxygen atoms in total. The first-order valence-electron chi connectivity index (χ1n) is 10.9. The number of benzene rings is 1. The second kappa shape index (κ2) is 8.86. The zero-order valence-corrected chi connectivity index (χ0v) is 19.0. The maximum Gasteiger partial charge on any atom is 0.225 e. The summed E-state index contributed by atoms with van der Waals surface area (Å²) in [7, 11) is 0. The van der Waals surface area contributed by atoms with Crippen LogP contribution >= 0.6 is 11.8 Å². The molecule has 0 aliphatic carbocycles. The van der Waals surface area contributed by atoms with Crippen LogP contribution in [0.4, 0.5) is 10.3 Å². The Morgan fingerprint density at radius 3 is 2.50 bits per heavy atom. The molecule has 3 aromatic heterocycles. The van der Waals surface area contributed by atoms with E-state index < -0.39 is 0 Å². The van der Waals surface area contributed by atoms with E-state index >= 15 is 0 Å². The number of piperidine rings is 1. The minimum absolute atomic E-state index is 0.215. The lowest BCUT2D eigenvalue weighted by molar-refractivity contribution is 0.373. The van der Waals surface area contributed by atoms with Crippen LogP contribution < -0.4 is 4.90 Å². The van der Waals surface area contributed by atoms with Crippen molar-refractivity contribution in [3.8, 4) is 11.3 Å². The van der Waals surface area contributed by atoms with Gasteiger partial charge in [0, 0.05) is 41.3 Å². The standard InChI is InChI=1S/C24H25FN6S/c1-3-16-12-27-24(28-13-16)30-8-6-19(7-9-30)31-22-15-26-21(11-18(22)14-29-31)17-4-5-23(32-2)20(25)10-17/h4-5,10-15,19H,3,6-9H2,1-2H3. The van der Waals surface area contributed by atoms with E-state index in [4.69, 9.17) is 0 Å². The first-order valence-corrected chi connectivity index (χ1v) is 12.1. The molecule has 0 atom stereocenters. The van der Waals surface area contributed by atoms with E-state index in [9.17, 15) is 4.39 Å². The Morgan fingerprint density at radius 2 is 1.81 bits per heavy atom. The second-order valence-corrected chi connectivity index (χ2v) is 8.88. The molecule has 0 spiro atoms. The molecule has 0 saturated carbocycles. The summed E-state index contributed by atoms with van der Waals surface area (Å²) in [5.74, 6) is 0.588. The van der Waals surface area contributed by atoms with Gasteiger partial charge in [-0.25, -0.2) is 14.4 Å². The highest BCUT2D eigenvalue weighted by Gasteiger charge is 2.24. The fourth-order valence-electron chi connectivity index (χ4n) is 4.22. The third-order valence-electron chi connectivity index (χ3n) is 6.12. The Hall–Kier alpha value is -3.00. The Labute approximate surface area is 190 Å². The monoisotopic (exact) mass is 448 g/mol. The fraction of sp³-hybridized carbons (Fsp3) is 0.333. The van der Waals surface area contributed by atoms with Gasteiger partial charge in [0.05, 0.1) is 29.6 Å². The summed E-state index contributed by atoms with van der Waals surface area (Å²) in [5.41, 5.74) is 3.70. The van der Waals surface area contributed by atoms with E-state index in [0.717, 1.165) is 66.0 Å². The van der Waals surface area contributed by atoms with Crippen molar-refractivity contribution >= 4 is 28.6 Å². The molecule has 1 aromatic carbocycles. The van der Waals surface area contributed by atoms with E-state index in [2.05, 4.69) is 36.6 Å². The van der Waals surface area contributed by atoms with Gasteiger partial charge >= 0.3 is 0 Å². The highest BCUT2D eigenvalue weighted by molar-refractivity contribution is 7.98. The van der Waals surface area contributed by atoms with E-state index in [1.807, 2.05) is 43.2 Å². The van der Waals surface area contributed by atoms with E-state index in [1.165, 1.54) is 11.8 Å². The van der Waals surface area contributed by atoms with Gasteiger partial charge in [-0.05, 0) is 49.3 Å². The summed E-state index contributed by atoms with van der Waals surface area (Å²) in [6, 6.07) is 7.57. The Bertz CT molecular complexity index is 1230. The molecule has 164 valence electrons. The second-order valence-electron chi connectivity index (χ2n) is 8.03. The fourth-order valence-corrected chi connectivity index (χ4v) is 4.68. The largest absolute Gasteiger partial charge is 0.341 e. The molecule has 1 aliphatic rings.